The van der Waals surface area contributed by atoms with Gasteiger partial charge in [0.1, 0.15) is 5.75 Å². The molecule has 0 saturated heterocycles. The Kier molecular flexibility index (Phi) is 5.17. The average Bonchev–Trinajstić information content (AvgIpc) is 2.37. The fourth-order valence-corrected chi connectivity index (χ4v) is 1.35. The highest BCUT2D eigenvalue weighted by Gasteiger charge is 2.12. The van der Waals surface area contributed by atoms with E-state index in [4.69, 9.17) is 4.74 Å². The quantitative estimate of drug-likeness (QED) is 0.831. The average molecular weight is 250 g/mol. The first-order valence-electron chi connectivity index (χ1n) is 5.67. The number of hydrogen-bond acceptors (Lipinski definition) is 3. The molecule has 98 valence electrons. The molecule has 0 aliphatic carbocycles. The van der Waals surface area contributed by atoms with Crippen molar-refractivity contribution >= 4 is 11.8 Å². The Hall–Kier alpha value is -2.04. The number of benzene rings is 1. The number of nitrogens with zero attached hydrogens (tertiary/aromatic N) is 1. The predicted octanol–water partition coefficient (Wildman–Crippen LogP) is 0.578. The van der Waals surface area contributed by atoms with Gasteiger partial charge in [0.2, 0.25) is 5.91 Å². The smallest absolute Gasteiger partial charge is 0.260 e. The SMILES string of the molecule is CNC(=O)CN(C)C(=O)COc1ccccc1C. The number of amides is 2. The molecule has 0 aliphatic heterocycles. The van der Waals surface area contributed by atoms with Crippen molar-refractivity contribution in [1.29, 1.82) is 0 Å². The standard InChI is InChI=1S/C13H18N2O3/c1-10-6-4-5-7-11(10)18-9-13(17)15(3)8-12(16)14-2/h4-7H,8-9H2,1-3H3,(H,14,16). The number of nitrogens with one attached hydrogen (secondary N) is 1. The molecule has 1 aromatic carbocycles. The van der Waals surface area contributed by atoms with E-state index in [9.17, 15) is 9.59 Å². The Balaban J connectivity index is 2.46. The molecule has 0 fully saturated rings. The zero-order chi connectivity index (χ0) is 13.5. The lowest BCUT2D eigenvalue weighted by Crippen LogP contribution is -2.39. The number of rotatable bonds is 5. The summed E-state index contributed by atoms with van der Waals surface area (Å²) in [6.45, 7) is 1.87. The maximum Gasteiger partial charge on any atom is 0.260 e. The van der Waals surface area contributed by atoms with Gasteiger partial charge in [0.05, 0.1) is 6.54 Å². The van der Waals surface area contributed by atoms with Crippen LogP contribution in [0.25, 0.3) is 0 Å². The zero-order valence-electron chi connectivity index (χ0n) is 10.9. The molecular weight excluding hydrogens is 232 g/mol. The van der Waals surface area contributed by atoms with E-state index in [0.29, 0.717) is 5.75 Å². The van der Waals surface area contributed by atoms with Gasteiger partial charge in [0, 0.05) is 14.1 Å². The van der Waals surface area contributed by atoms with Gasteiger partial charge in [-0.2, -0.15) is 0 Å². The summed E-state index contributed by atoms with van der Waals surface area (Å²) in [5, 5.41) is 2.46. The summed E-state index contributed by atoms with van der Waals surface area (Å²) in [6.07, 6.45) is 0. The second-order valence-corrected chi connectivity index (χ2v) is 3.98. The van der Waals surface area contributed by atoms with E-state index < -0.39 is 0 Å². The number of hydrogen-bond donors (Lipinski definition) is 1. The Bertz CT molecular complexity index is 432. The molecular formula is C13H18N2O3. The van der Waals surface area contributed by atoms with E-state index in [1.54, 1.807) is 13.1 Å². The van der Waals surface area contributed by atoms with E-state index >= 15 is 0 Å². The number of likely N-dealkylation sites (N-methyl/N-ethyl adjacent to an activating group) is 2. The van der Waals surface area contributed by atoms with Crippen LogP contribution < -0.4 is 10.1 Å². The molecule has 2 amide bonds. The summed E-state index contributed by atoms with van der Waals surface area (Å²) in [7, 11) is 3.10. The van der Waals surface area contributed by atoms with Crippen molar-refractivity contribution in [3.8, 4) is 5.75 Å². The van der Waals surface area contributed by atoms with Crippen LogP contribution in [0.5, 0.6) is 5.75 Å². The van der Waals surface area contributed by atoms with Crippen LogP contribution >= 0.6 is 0 Å². The van der Waals surface area contributed by atoms with Gasteiger partial charge in [-0.05, 0) is 18.6 Å². The van der Waals surface area contributed by atoms with Crippen LogP contribution in [0.2, 0.25) is 0 Å². The second kappa shape index (κ2) is 6.64. The summed E-state index contributed by atoms with van der Waals surface area (Å²) < 4.78 is 5.41. The molecule has 0 aromatic heterocycles. The minimum atomic E-state index is -0.234. The molecule has 0 bridgehead atoms. The van der Waals surface area contributed by atoms with Gasteiger partial charge in [0.15, 0.2) is 6.61 Å². The largest absolute Gasteiger partial charge is 0.484 e. The summed E-state index contributed by atoms with van der Waals surface area (Å²) in [6, 6.07) is 7.47. The third kappa shape index (κ3) is 4.08. The van der Waals surface area contributed by atoms with E-state index in [1.807, 2.05) is 25.1 Å². The van der Waals surface area contributed by atoms with E-state index in [2.05, 4.69) is 5.32 Å². The van der Waals surface area contributed by atoms with Crippen molar-refractivity contribution in [3.05, 3.63) is 29.8 Å². The maximum atomic E-state index is 11.7. The number of para-hydroxylation sites is 1. The van der Waals surface area contributed by atoms with Crippen molar-refractivity contribution in [1.82, 2.24) is 10.2 Å². The topological polar surface area (TPSA) is 58.6 Å². The van der Waals surface area contributed by atoms with E-state index in [-0.39, 0.29) is 25.0 Å². The summed E-state index contributed by atoms with van der Waals surface area (Å²) in [5.41, 5.74) is 0.972. The minimum absolute atomic E-state index is 0.0342. The van der Waals surface area contributed by atoms with Crippen molar-refractivity contribution in [3.63, 3.8) is 0 Å². The van der Waals surface area contributed by atoms with Crippen LogP contribution in [0.1, 0.15) is 5.56 Å². The molecule has 1 N–H and O–H groups in total. The molecule has 0 saturated carbocycles. The highest BCUT2D eigenvalue weighted by Crippen LogP contribution is 2.15. The number of aryl methyl sites for hydroxylation is 1. The van der Waals surface area contributed by atoms with Crippen molar-refractivity contribution in [2.75, 3.05) is 27.2 Å². The molecule has 1 rings (SSSR count). The summed E-state index contributed by atoms with van der Waals surface area (Å²) >= 11 is 0. The lowest BCUT2D eigenvalue weighted by molar-refractivity contribution is -0.136. The first-order valence-corrected chi connectivity index (χ1v) is 5.67. The van der Waals surface area contributed by atoms with Gasteiger partial charge in [-0.3, -0.25) is 9.59 Å². The van der Waals surface area contributed by atoms with Gasteiger partial charge in [-0.1, -0.05) is 18.2 Å². The lowest BCUT2D eigenvalue weighted by Gasteiger charge is -2.16. The molecule has 0 radical (unpaired) electrons. The molecule has 5 nitrogen and oxygen atoms in total. The van der Waals surface area contributed by atoms with Crippen LogP contribution in [-0.2, 0) is 9.59 Å². The molecule has 0 unspecified atom stereocenters. The van der Waals surface area contributed by atoms with Crippen LogP contribution in [0.15, 0.2) is 24.3 Å². The number of carbonyl (C=O) groups excluding carboxylic acids is 2. The summed E-state index contributed by atoms with van der Waals surface area (Å²) in [4.78, 5) is 24.1. The molecule has 0 spiro atoms. The molecule has 0 atom stereocenters. The molecule has 0 aliphatic rings. The molecule has 1 aromatic rings. The van der Waals surface area contributed by atoms with Crippen molar-refractivity contribution < 1.29 is 14.3 Å². The highest BCUT2D eigenvalue weighted by molar-refractivity contribution is 5.85. The van der Waals surface area contributed by atoms with Crippen molar-refractivity contribution in [2.24, 2.45) is 0 Å². The Morgan fingerprint density at radius 2 is 2.00 bits per heavy atom. The molecule has 0 heterocycles. The van der Waals surface area contributed by atoms with E-state index in [0.717, 1.165) is 5.56 Å². The predicted molar refractivity (Wildman–Crippen MR) is 68.4 cm³/mol. The van der Waals surface area contributed by atoms with Gasteiger partial charge in [-0.15, -0.1) is 0 Å². The van der Waals surface area contributed by atoms with Gasteiger partial charge in [-0.25, -0.2) is 0 Å². The normalized spacial score (nSPS) is 9.72. The highest BCUT2D eigenvalue weighted by atomic mass is 16.5. The van der Waals surface area contributed by atoms with Gasteiger partial charge >= 0.3 is 0 Å². The van der Waals surface area contributed by atoms with Crippen LogP contribution in [0.3, 0.4) is 0 Å². The summed E-state index contributed by atoms with van der Waals surface area (Å²) in [5.74, 6) is 0.239. The first kappa shape index (κ1) is 14.0. The lowest BCUT2D eigenvalue weighted by atomic mass is 10.2. The van der Waals surface area contributed by atoms with Gasteiger partial charge in [0.25, 0.3) is 5.91 Å². The zero-order valence-corrected chi connectivity index (χ0v) is 10.9. The van der Waals surface area contributed by atoms with Gasteiger partial charge < -0.3 is 15.0 Å². The number of carbonyl (C=O) groups is 2. The first-order chi connectivity index (χ1) is 8.54. The van der Waals surface area contributed by atoms with Crippen LogP contribution in [0, 0.1) is 6.92 Å². The minimum Gasteiger partial charge on any atom is -0.484 e. The third-order valence-corrected chi connectivity index (χ3v) is 2.53. The molecule has 18 heavy (non-hydrogen) atoms. The second-order valence-electron chi connectivity index (χ2n) is 3.98. The van der Waals surface area contributed by atoms with Crippen LogP contribution in [-0.4, -0.2) is 44.0 Å². The third-order valence-electron chi connectivity index (χ3n) is 2.53. The monoisotopic (exact) mass is 250 g/mol. The van der Waals surface area contributed by atoms with Crippen molar-refractivity contribution in [2.45, 2.75) is 6.92 Å². The van der Waals surface area contributed by atoms with Crippen LogP contribution in [0.4, 0.5) is 0 Å². The Labute approximate surface area is 107 Å². The van der Waals surface area contributed by atoms with E-state index in [1.165, 1.54) is 11.9 Å². The maximum absolute atomic E-state index is 11.7. The fourth-order valence-electron chi connectivity index (χ4n) is 1.35. The number of ether oxygens (including phenoxy) is 1. The Morgan fingerprint density at radius 1 is 1.33 bits per heavy atom. The molecule has 5 heteroatoms. The fraction of sp³-hybridized carbons (Fsp3) is 0.385. The Morgan fingerprint density at radius 3 is 2.61 bits per heavy atom.